The molecule has 1 unspecified atom stereocenters. The summed E-state index contributed by atoms with van der Waals surface area (Å²) in [5.74, 6) is -0.288. The molecule has 0 aliphatic rings. The minimum Gasteiger partial charge on any atom is -0.490 e. The highest BCUT2D eigenvalue weighted by molar-refractivity contribution is 5.97. The lowest BCUT2D eigenvalue weighted by molar-refractivity contribution is -0.152. The molecule has 0 heterocycles. The number of ether oxygens (including phenoxy) is 3. The van der Waals surface area contributed by atoms with Crippen LogP contribution < -0.4 is 20.1 Å². The van der Waals surface area contributed by atoms with Crippen molar-refractivity contribution in [2.45, 2.75) is 46.6 Å². The number of rotatable bonds is 11. The van der Waals surface area contributed by atoms with Crippen LogP contribution in [0.2, 0.25) is 0 Å². The summed E-state index contributed by atoms with van der Waals surface area (Å²) in [6, 6.07) is 12.2. The van der Waals surface area contributed by atoms with E-state index in [-0.39, 0.29) is 6.54 Å². The Balaban J connectivity index is 1.86. The minimum atomic E-state index is -1.02. The molecule has 0 radical (unpaired) electrons. The van der Waals surface area contributed by atoms with E-state index >= 15 is 0 Å². The molecule has 8 heteroatoms. The molecule has 0 spiro atoms. The summed E-state index contributed by atoms with van der Waals surface area (Å²) in [6.45, 7) is 9.83. The van der Waals surface area contributed by atoms with Gasteiger partial charge in [0.15, 0.2) is 17.6 Å². The van der Waals surface area contributed by atoms with Gasteiger partial charge in [0.05, 0.1) is 13.2 Å². The van der Waals surface area contributed by atoms with Crippen LogP contribution in [-0.2, 0) is 14.3 Å². The first-order valence-corrected chi connectivity index (χ1v) is 11.0. The molecular weight excluding hydrogens is 424 g/mol. The molecule has 0 fully saturated rings. The molecule has 0 bridgehead atoms. The molecule has 2 N–H and O–H groups in total. The molecule has 0 aliphatic heterocycles. The molecule has 178 valence electrons. The number of esters is 1. The molecule has 0 aliphatic carbocycles. The van der Waals surface area contributed by atoms with Gasteiger partial charge in [-0.1, -0.05) is 26.0 Å². The van der Waals surface area contributed by atoms with E-state index < -0.39 is 23.9 Å². The van der Waals surface area contributed by atoms with E-state index in [0.29, 0.717) is 41.9 Å². The molecule has 33 heavy (non-hydrogen) atoms. The van der Waals surface area contributed by atoms with Gasteiger partial charge in [-0.3, -0.25) is 14.4 Å². The Labute approximate surface area is 194 Å². The van der Waals surface area contributed by atoms with Gasteiger partial charge in [-0.15, -0.1) is 0 Å². The molecule has 0 aromatic heterocycles. The molecule has 0 saturated heterocycles. The first kappa shape index (κ1) is 25.7. The van der Waals surface area contributed by atoms with Crippen LogP contribution in [0.25, 0.3) is 0 Å². The Hall–Kier alpha value is -3.55. The van der Waals surface area contributed by atoms with Gasteiger partial charge in [0, 0.05) is 11.3 Å². The minimum absolute atomic E-state index is 0.310. The van der Waals surface area contributed by atoms with Crippen molar-refractivity contribution in [3.63, 3.8) is 0 Å². The maximum atomic E-state index is 12.4. The summed E-state index contributed by atoms with van der Waals surface area (Å²) in [7, 11) is 0. The summed E-state index contributed by atoms with van der Waals surface area (Å²) in [4.78, 5) is 36.8. The van der Waals surface area contributed by atoms with Crippen molar-refractivity contribution in [1.29, 1.82) is 0 Å². The zero-order chi connectivity index (χ0) is 24.4. The number of benzene rings is 2. The lowest BCUT2D eigenvalue weighted by Crippen LogP contribution is -2.35. The fraction of sp³-hybridized carbons (Fsp3) is 0.400. The summed E-state index contributed by atoms with van der Waals surface area (Å²) in [6.07, 6.45) is -1.02. The number of carbonyl (C=O) groups excluding carboxylic acids is 3. The van der Waals surface area contributed by atoms with Crippen molar-refractivity contribution in [3.05, 3.63) is 53.6 Å². The molecule has 2 aromatic carbocycles. The van der Waals surface area contributed by atoms with E-state index in [4.69, 9.17) is 14.2 Å². The molecule has 2 rings (SSSR count). The van der Waals surface area contributed by atoms with Crippen molar-refractivity contribution in [2.24, 2.45) is 0 Å². The molecule has 1 atom stereocenters. The monoisotopic (exact) mass is 456 g/mol. The van der Waals surface area contributed by atoms with E-state index in [2.05, 4.69) is 24.5 Å². The Kier molecular flexibility index (Phi) is 9.72. The van der Waals surface area contributed by atoms with Crippen LogP contribution in [-0.4, -0.2) is 43.6 Å². The number of carbonyl (C=O) groups is 3. The smallest absolute Gasteiger partial charge is 0.326 e. The standard InChI is InChI=1S/C25H32N2O6/c1-6-31-21-13-10-19(14-22(21)32-7-2)25(30)26-15-23(28)33-17(5)24(29)27-20-11-8-18(9-12-20)16(3)4/h8-14,16-17H,6-7,15H2,1-5H3,(H,26,30)(H,27,29). The van der Waals surface area contributed by atoms with Crippen molar-refractivity contribution in [2.75, 3.05) is 25.1 Å². The Morgan fingerprint density at radius 2 is 1.52 bits per heavy atom. The van der Waals surface area contributed by atoms with Crippen molar-refractivity contribution in [1.82, 2.24) is 5.32 Å². The van der Waals surface area contributed by atoms with Crippen LogP contribution in [0, 0.1) is 0 Å². The van der Waals surface area contributed by atoms with Gasteiger partial charge in [-0.25, -0.2) is 0 Å². The Bertz CT molecular complexity index is 956. The van der Waals surface area contributed by atoms with Gasteiger partial charge in [0.25, 0.3) is 11.8 Å². The zero-order valence-electron chi connectivity index (χ0n) is 19.8. The third kappa shape index (κ3) is 7.82. The molecule has 2 aromatic rings. The average Bonchev–Trinajstić information content (AvgIpc) is 2.79. The second kappa shape index (κ2) is 12.5. The predicted molar refractivity (Wildman–Crippen MR) is 126 cm³/mol. The van der Waals surface area contributed by atoms with E-state index in [1.807, 2.05) is 26.0 Å². The van der Waals surface area contributed by atoms with E-state index in [1.54, 1.807) is 30.3 Å². The van der Waals surface area contributed by atoms with Crippen LogP contribution in [0.3, 0.4) is 0 Å². The van der Waals surface area contributed by atoms with Crippen LogP contribution in [0.4, 0.5) is 5.69 Å². The highest BCUT2D eigenvalue weighted by Gasteiger charge is 2.19. The quantitative estimate of drug-likeness (QED) is 0.497. The lowest BCUT2D eigenvalue weighted by atomic mass is 10.0. The normalized spacial score (nSPS) is 11.5. The number of nitrogens with one attached hydrogen (secondary N) is 2. The van der Waals surface area contributed by atoms with Gasteiger partial charge in [0.2, 0.25) is 0 Å². The molecule has 0 saturated carbocycles. The highest BCUT2D eigenvalue weighted by Crippen LogP contribution is 2.28. The zero-order valence-corrected chi connectivity index (χ0v) is 19.8. The predicted octanol–water partition coefficient (Wildman–Crippen LogP) is 3.91. The number of hydrogen-bond donors (Lipinski definition) is 2. The lowest BCUT2D eigenvalue weighted by Gasteiger charge is -2.15. The highest BCUT2D eigenvalue weighted by atomic mass is 16.5. The number of hydrogen-bond acceptors (Lipinski definition) is 6. The second-order valence-corrected chi connectivity index (χ2v) is 7.61. The van der Waals surface area contributed by atoms with Crippen LogP contribution in [0.5, 0.6) is 11.5 Å². The SMILES string of the molecule is CCOc1ccc(C(=O)NCC(=O)OC(C)C(=O)Nc2ccc(C(C)C)cc2)cc1OCC. The Morgan fingerprint density at radius 1 is 0.879 bits per heavy atom. The fourth-order valence-electron chi connectivity index (χ4n) is 2.93. The van der Waals surface area contributed by atoms with Gasteiger partial charge in [0.1, 0.15) is 6.54 Å². The van der Waals surface area contributed by atoms with Gasteiger partial charge < -0.3 is 24.8 Å². The summed E-state index contributed by atoms with van der Waals surface area (Å²) in [5.41, 5.74) is 2.08. The van der Waals surface area contributed by atoms with Gasteiger partial charge in [-0.05, 0) is 62.6 Å². The van der Waals surface area contributed by atoms with E-state index in [9.17, 15) is 14.4 Å². The third-order valence-electron chi connectivity index (χ3n) is 4.72. The maximum Gasteiger partial charge on any atom is 0.326 e. The van der Waals surface area contributed by atoms with Crippen LogP contribution in [0.15, 0.2) is 42.5 Å². The van der Waals surface area contributed by atoms with Gasteiger partial charge >= 0.3 is 5.97 Å². The Morgan fingerprint density at radius 3 is 2.12 bits per heavy atom. The fourth-order valence-corrected chi connectivity index (χ4v) is 2.93. The number of anilines is 1. The molecular formula is C25H32N2O6. The van der Waals surface area contributed by atoms with Crippen molar-refractivity contribution >= 4 is 23.5 Å². The van der Waals surface area contributed by atoms with E-state index in [0.717, 1.165) is 5.56 Å². The summed E-state index contributed by atoms with van der Waals surface area (Å²) >= 11 is 0. The largest absolute Gasteiger partial charge is 0.490 e. The summed E-state index contributed by atoms with van der Waals surface area (Å²) in [5, 5.41) is 5.20. The third-order valence-corrected chi connectivity index (χ3v) is 4.72. The average molecular weight is 457 g/mol. The van der Waals surface area contributed by atoms with E-state index in [1.165, 1.54) is 6.92 Å². The summed E-state index contributed by atoms with van der Waals surface area (Å²) < 4.78 is 16.1. The first-order chi connectivity index (χ1) is 15.7. The van der Waals surface area contributed by atoms with Crippen molar-refractivity contribution < 1.29 is 28.6 Å². The second-order valence-electron chi connectivity index (χ2n) is 7.61. The first-order valence-electron chi connectivity index (χ1n) is 11.0. The molecule has 2 amide bonds. The van der Waals surface area contributed by atoms with Crippen LogP contribution in [0.1, 0.15) is 56.5 Å². The van der Waals surface area contributed by atoms with Crippen LogP contribution >= 0.6 is 0 Å². The number of amides is 2. The van der Waals surface area contributed by atoms with Gasteiger partial charge in [-0.2, -0.15) is 0 Å². The topological polar surface area (TPSA) is 103 Å². The van der Waals surface area contributed by atoms with Crippen molar-refractivity contribution in [3.8, 4) is 11.5 Å². The molecule has 8 nitrogen and oxygen atoms in total. The maximum absolute atomic E-state index is 12.4.